The predicted molar refractivity (Wildman–Crippen MR) is 71.8 cm³/mol. The van der Waals surface area contributed by atoms with Crippen LogP contribution in [0.1, 0.15) is 18.4 Å². The van der Waals surface area contributed by atoms with E-state index in [4.69, 9.17) is 39.0 Å². The van der Waals surface area contributed by atoms with Crippen molar-refractivity contribution in [2.75, 3.05) is 13.2 Å². The summed E-state index contributed by atoms with van der Waals surface area (Å²) in [5.74, 6) is 0.625. The minimum atomic E-state index is 0.160. The fourth-order valence-electron chi connectivity index (χ4n) is 1.82. The van der Waals surface area contributed by atoms with Crippen LogP contribution < -0.4 is 10.5 Å². The van der Waals surface area contributed by atoms with Gasteiger partial charge in [-0.15, -0.1) is 0 Å². The van der Waals surface area contributed by atoms with Gasteiger partial charge in [0.05, 0.1) is 16.7 Å². The number of rotatable bonds is 4. The second kappa shape index (κ2) is 5.67. The molecule has 0 spiro atoms. The Balaban J connectivity index is 2.09. The lowest BCUT2D eigenvalue weighted by atomic mass is 10.2. The predicted octanol–water partition coefficient (Wildman–Crippen LogP) is 2.53. The molecule has 1 saturated heterocycles. The summed E-state index contributed by atoms with van der Waals surface area (Å²) >= 11 is 11.0. The Kier molecular flexibility index (Phi) is 4.20. The van der Waals surface area contributed by atoms with E-state index >= 15 is 0 Å². The molecule has 1 fully saturated rings. The lowest BCUT2D eigenvalue weighted by Crippen LogP contribution is -2.19. The fraction of sp³-hybridized carbons (Fsp3) is 0.417. The Morgan fingerprint density at radius 3 is 3.06 bits per heavy atom. The number of hydrogen-bond acceptors (Lipinski definition) is 3. The van der Waals surface area contributed by atoms with Crippen LogP contribution in [0.4, 0.5) is 0 Å². The summed E-state index contributed by atoms with van der Waals surface area (Å²) in [5, 5.41) is 0.516. The van der Waals surface area contributed by atoms with Crippen molar-refractivity contribution in [3.8, 4) is 5.75 Å². The molecule has 17 heavy (non-hydrogen) atoms. The monoisotopic (exact) mass is 271 g/mol. The van der Waals surface area contributed by atoms with Gasteiger partial charge in [-0.1, -0.05) is 29.9 Å². The average Bonchev–Trinajstić information content (AvgIpc) is 2.78. The molecule has 1 atom stereocenters. The standard InChI is InChI=1S/C12H14ClNO2S/c13-9-4-1-5-10(11(9)12(14)17)16-7-8-3-2-6-15-8/h1,4-5,8H,2-3,6-7H2,(H2,14,17). The van der Waals surface area contributed by atoms with Crippen molar-refractivity contribution in [2.45, 2.75) is 18.9 Å². The number of thiocarbonyl (C=S) groups is 1. The van der Waals surface area contributed by atoms with Gasteiger partial charge >= 0.3 is 0 Å². The van der Waals surface area contributed by atoms with E-state index in [1.807, 2.05) is 12.1 Å². The van der Waals surface area contributed by atoms with Crippen LogP contribution in [-0.4, -0.2) is 24.3 Å². The summed E-state index contributed by atoms with van der Waals surface area (Å²) in [5.41, 5.74) is 6.23. The molecule has 5 heteroatoms. The first kappa shape index (κ1) is 12.6. The van der Waals surface area contributed by atoms with Crippen LogP contribution in [0.2, 0.25) is 5.02 Å². The molecule has 3 nitrogen and oxygen atoms in total. The summed E-state index contributed by atoms with van der Waals surface area (Å²) in [6.45, 7) is 1.32. The molecule has 0 bridgehead atoms. The maximum atomic E-state index is 6.04. The molecule has 1 aromatic carbocycles. The van der Waals surface area contributed by atoms with Crippen molar-refractivity contribution in [3.63, 3.8) is 0 Å². The van der Waals surface area contributed by atoms with Crippen LogP contribution in [0.25, 0.3) is 0 Å². The highest BCUT2D eigenvalue weighted by Gasteiger charge is 2.18. The van der Waals surface area contributed by atoms with E-state index < -0.39 is 0 Å². The van der Waals surface area contributed by atoms with Crippen LogP contribution in [0.15, 0.2) is 18.2 Å². The molecule has 1 aliphatic rings. The van der Waals surface area contributed by atoms with Crippen molar-refractivity contribution >= 4 is 28.8 Å². The van der Waals surface area contributed by atoms with Crippen molar-refractivity contribution in [1.29, 1.82) is 0 Å². The zero-order valence-corrected chi connectivity index (χ0v) is 10.9. The normalized spacial score (nSPS) is 19.2. The highest BCUT2D eigenvalue weighted by molar-refractivity contribution is 7.80. The van der Waals surface area contributed by atoms with E-state index in [0.717, 1.165) is 19.4 Å². The molecular weight excluding hydrogens is 258 g/mol. The highest BCUT2D eigenvalue weighted by Crippen LogP contribution is 2.27. The Morgan fingerprint density at radius 2 is 2.41 bits per heavy atom. The zero-order valence-electron chi connectivity index (χ0n) is 9.32. The van der Waals surface area contributed by atoms with Crippen molar-refractivity contribution in [1.82, 2.24) is 0 Å². The Labute approximate surface area is 111 Å². The zero-order chi connectivity index (χ0) is 12.3. The van der Waals surface area contributed by atoms with E-state index in [9.17, 15) is 0 Å². The molecule has 0 aliphatic carbocycles. The Hall–Kier alpha value is -0.840. The van der Waals surface area contributed by atoms with Crippen molar-refractivity contribution in [2.24, 2.45) is 5.73 Å². The van der Waals surface area contributed by atoms with Gasteiger partial charge in [0.25, 0.3) is 0 Å². The van der Waals surface area contributed by atoms with E-state index in [2.05, 4.69) is 0 Å². The quantitative estimate of drug-likeness (QED) is 0.855. The van der Waals surface area contributed by atoms with Gasteiger partial charge in [0, 0.05) is 6.61 Å². The first-order chi connectivity index (χ1) is 8.18. The molecule has 0 radical (unpaired) electrons. The Bertz CT molecular complexity index is 419. The van der Waals surface area contributed by atoms with Gasteiger partial charge in [0.2, 0.25) is 0 Å². The minimum Gasteiger partial charge on any atom is -0.490 e. The van der Waals surface area contributed by atoms with Gasteiger partial charge in [-0.3, -0.25) is 0 Å². The number of hydrogen-bond donors (Lipinski definition) is 1. The summed E-state index contributed by atoms with van der Waals surface area (Å²) in [7, 11) is 0. The lowest BCUT2D eigenvalue weighted by Gasteiger charge is -2.14. The van der Waals surface area contributed by atoms with Gasteiger partial charge in [0.15, 0.2) is 0 Å². The second-order valence-electron chi connectivity index (χ2n) is 3.92. The third-order valence-corrected chi connectivity index (χ3v) is 3.19. The summed E-state index contributed by atoms with van der Waals surface area (Å²) < 4.78 is 11.2. The first-order valence-corrected chi connectivity index (χ1v) is 6.30. The van der Waals surface area contributed by atoms with Crippen LogP contribution in [-0.2, 0) is 4.74 Å². The highest BCUT2D eigenvalue weighted by atomic mass is 35.5. The average molecular weight is 272 g/mol. The molecule has 92 valence electrons. The van der Waals surface area contributed by atoms with Gasteiger partial charge < -0.3 is 15.2 Å². The summed E-state index contributed by atoms with van der Waals surface area (Å²) in [4.78, 5) is 0.248. The minimum absolute atomic E-state index is 0.160. The maximum Gasteiger partial charge on any atom is 0.131 e. The van der Waals surface area contributed by atoms with E-state index in [1.165, 1.54) is 0 Å². The molecule has 2 N–H and O–H groups in total. The van der Waals surface area contributed by atoms with Crippen LogP contribution >= 0.6 is 23.8 Å². The molecule has 1 unspecified atom stereocenters. The largest absolute Gasteiger partial charge is 0.490 e. The number of halogens is 1. The summed E-state index contributed by atoms with van der Waals surface area (Å²) in [6.07, 6.45) is 2.28. The number of benzene rings is 1. The van der Waals surface area contributed by atoms with Crippen LogP contribution in [0, 0.1) is 0 Å². The number of ether oxygens (including phenoxy) is 2. The fourth-order valence-corrected chi connectivity index (χ4v) is 2.36. The molecule has 1 aromatic rings. The van der Waals surface area contributed by atoms with Gasteiger partial charge in [0.1, 0.15) is 17.3 Å². The smallest absolute Gasteiger partial charge is 0.131 e. The number of nitrogens with two attached hydrogens (primary N) is 1. The third-order valence-electron chi connectivity index (χ3n) is 2.67. The summed E-state index contributed by atoms with van der Waals surface area (Å²) in [6, 6.07) is 5.37. The molecule has 0 aromatic heterocycles. The molecule has 0 saturated carbocycles. The molecule has 0 amide bonds. The lowest BCUT2D eigenvalue weighted by molar-refractivity contribution is 0.0679. The van der Waals surface area contributed by atoms with Crippen molar-refractivity contribution in [3.05, 3.63) is 28.8 Å². The SMILES string of the molecule is NC(=S)c1c(Cl)cccc1OCC1CCCO1. The van der Waals surface area contributed by atoms with E-state index in [1.54, 1.807) is 6.07 Å². The van der Waals surface area contributed by atoms with Gasteiger partial charge in [-0.25, -0.2) is 0 Å². The Morgan fingerprint density at radius 1 is 1.59 bits per heavy atom. The molecule has 1 aliphatic heterocycles. The first-order valence-electron chi connectivity index (χ1n) is 5.51. The molecule has 1 heterocycles. The van der Waals surface area contributed by atoms with Crippen molar-refractivity contribution < 1.29 is 9.47 Å². The second-order valence-corrected chi connectivity index (χ2v) is 4.77. The topological polar surface area (TPSA) is 44.5 Å². The molecular formula is C12H14ClNO2S. The van der Waals surface area contributed by atoms with Gasteiger partial charge in [-0.05, 0) is 25.0 Å². The molecule has 2 rings (SSSR count). The third kappa shape index (κ3) is 3.09. The van der Waals surface area contributed by atoms with E-state index in [-0.39, 0.29) is 11.1 Å². The van der Waals surface area contributed by atoms with E-state index in [0.29, 0.717) is 22.9 Å². The van der Waals surface area contributed by atoms with Gasteiger partial charge in [-0.2, -0.15) is 0 Å². The van der Waals surface area contributed by atoms with Crippen LogP contribution in [0.3, 0.4) is 0 Å². The van der Waals surface area contributed by atoms with Crippen LogP contribution in [0.5, 0.6) is 5.75 Å². The maximum absolute atomic E-state index is 6.04.